The van der Waals surface area contributed by atoms with Crippen LogP contribution in [0.2, 0.25) is 20.1 Å². The third kappa shape index (κ3) is 39.0. The van der Waals surface area contributed by atoms with Crippen LogP contribution in [0.4, 0.5) is 0 Å². The molecule has 0 aliphatic carbocycles. The molecule has 4 N–H and O–H groups in total. The molecule has 0 bridgehead atoms. The van der Waals surface area contributed by atoms with Crippen molar-refractivity contribution in [1.82, 2.24) is 29.9 Å². The Morgan fingerprint density at radius 3 is 0.971 bits per heavy atom. The molecule has 4 aromatic carbocycles. The van der Waals surface area contributed by atoms with Crippen LogP contribution in [0.25, 0.3) is 0 Å². The maximum absolute atomic E-state index is 12.9. The van der Waals surface area contributed by atoms with Crippen molar-refractivity contribution in [3.63, 3.8) is 0 Å². The molecule has 0 saturated carbocycles. The van der Waals surface area contributed by atoms with Gasteiger partial charge in [-0.2, -0.15) is 0 Å². The largest absolute Gasteiger partial charge is 0.382 e. The van der Waals surface area contributed by atoms with Gasteiger partial charge in [0.15, 0.2) is 0 Å². The minimum Gasteiger partial charge on any atom is -0.382 e. The number of benzene rings is 4. The number of carbonyl (C=O) groups excluding carboxylic acids is 2. The van der Waals surface area contributed by atoms with E-state index in [0.717, 1.165) is 72.6 Å². The number of halogens is 4. The summed E-state index contributed by atoms with van der Waals surface area (Å²) in [5.41, 5.74) is 6.19. The maximum Gasteiger partial charge on any atom is 0.240 e. The lowest BCUT2D eigenvalue weighted by Crippen LogP contribution is -2.31. The molecule has 4 aromatic rings. The van der Waals surface area contributed by atoms with Crippen molar-refractivity contribution in [2.45, 2.75) is 60.9 Å². The van der Waals surface area contributed by atoms with Crippen LogP contribution in [0.5, 0.6) is 0 Å². The molecular formula is C72H110Cl4N6O21S2. The SMILES string of the molecule is CCCOCCOCCOCCOCCOCCOCCC(=O)NCCOCCOCCOCCNS(=O)(=O)c1ccc(C2CN(C)Cc3c(Cl)cc(Cl)cc32)cc1.COCCOCCOCCC(=O)NCCOCCOCCOCCNS(=O)(=O)c1ccc(C2CN(C)Cc3c(Cl)cc(Cl)cc32)cc1. The third-order valence-corrected chi connectivity index (χ3v) is 19.9. The van der Waals surface area contributed by atoms with Gasteiger partial charge >= 0.3 is 0 Å². The highest BCUT2D eigenvalue weighted by Gasteiger charge is 2.30. The lowest BCUT2D eigenvalue weighted by atomic mass is 9.85. The minimum absolute atomic E-state index is 0.0206. The summed E-state index contributed by atoms with van der Waals surface area (Å²) in [7, 11) is -1.72. The molecule has 0 radical (unpaired) electrons. The Balaban J connectivity index is 0.000000385. The van der Waals surface area contributed by atoms with Gasteiger partial charge in [0.1, 0.15) is 0 Å². The average molecular weight is 1600 g/mol. The first kappa shape index (κ1) is 91.7. The summed E-state index contributed by atoms with van der Waals surface area (Å²) >= 11 is 25.6. The summed E-state index contributed by atoms with van der Waals surface area (Å²) in [6.45, 7) is 18.4. The van der Waals surface area contributed by atoms with Crippen molar-refractivity contribution < 1.29 is 97.5 Å². The fourth-order valence-corrected chi connectivity index (χ4v) is 13.8. The van der Waals surface area contributed by atoms with Crippen LogP contribution in [-0.2, 0) is 114 Å². The molecule has 2 atom stereocenters. The Labute approximate surface area is 641 Å². The molecule has 2 aliphatic heterocycles. The van der Waals surface area contributed by atoms with E-state index < -0.39 is 20.0 Å². The summed E-state index contributed by atoms with van der Waals surface area (Å²) in [5, 5.41) is 7.99. The molecule has 105 heavy (non-hydrogen) atoms. The van der Waals surface area contributed by atoms with Crippen LogP contribution in [-0.4, -0.2) is 291 Å². The number of likely N-dealkylation sites (N-methyl/N-ethyl adjacent to an activating group) is 2. The molecule has 33 heteroatoms. The molecule has 0 saturated heterocycles. The second-order valence-corrected chi connectivity index (χ2v) is 29.3. The lowest BCUT2D eigenvalue weighted by Gasteiger charge is -2.33. The summed E-state index contributed by atoms with van der Waals surface area (Å²) in [5.74, 6) is -0.173. The van der Waals surface area contributed by atoms with E-state index in [1.54, 1.807) is 43.5 Å². The second kappa shape index (κ2) is 55.5. The van der Waals surface area contributed by atoms with Crippen LogP contribution in [0, 0.1) is 0 Å². The molecule has 6 rings (SSSR count). The summed E-state index contributed by atoms with van der Waals surface area (Å²) < 4.78 is 137. The van der Waals surface area contributed by atoms with E-state index in [-0.39, 0.29) is 72.6 Å². The predicted molar refractivity (Wildman–Crippen MR) is 401 cm³/mol. The number of nitrogens with zero attached hydrogens (tertiary/aromatic N) is 2. The summed E-state index contributed by atoms with van der Waals surface area (Å²) in [6.07, 6.45) is 1.53. The Morgan fingerprint density at radius 1 is 0.390 bits per heavy atom. The molecule has 0 spiro atoms. The van der Waals surface area contributed by atoms with E-state index >= 15 is 0 Å². The number of hydrogen-bond acceptors (Lipinski definition) is 23. The highest BCUT2D eigenvalue weighted by Crippen LogP contribution is 2.40. The van der Waals surface area contributed by atoms with E-state index in [1.165, 1.54) is 0 Å². The number of amides is 2. The molecule has 0 fully saturated rings. The number of sulfonamides is 2. The normalized spacial score (nSPS) is 14.8. The van der Waals surface area contributed by atoms with Gasteiger partial charge in [-0.1, -0.05) is 77.6 Å². The molecule has 0 aromatic heterocycles. The Morgan fingerprint density at radius 2 is 0.667 bits per heavy atom. The number of rotatable bonds is 59. The van der Waals surface area contributed by atoms with E-state index in [2.05, 4.69) is 36.8 Å². The number of nitrogens with one attached hydrogen (secondary N) is 4. The van der Waals surface area contributed by atoms with E-state index in [4.69, 9.17) is 117 Å². The van der Waals surface area contributed by atoms with Crippen molar-refractivity contribution in [3.8, 4) is 0 Å². The zero-order valence-corrected chi connectivity index (χ0v) is 65.8. The number of carbonyl (C=O) groups is 2. The van der Waals surface area contributed by atoms with Crippen molar-refractivity contribution in [1.29, 1.82) is 0 Å². The van der Waals surface area contributed by atoms with Gasteiger partial charge in [-0.3, -0.25) is 9.59 Å². The van der Waals surface area contributed by atoms with Crippen molar-refractivity contribution in [3.05, 3.63) is 126 Å². The van der Waals surface area contributed by atoms with Gasteiger partial charge < -0.3 is 91.5 Å². The molecule has 2 amide bonds. The monoisotopic (exact) mass is 1600 g/mol. The van der Waals surface area contributed by atoms with Crippen LogP contribution in [0.15, 0.2) is 82.6 Å². The lowest BCUT2D eigenvalue weighted by molar-refractivity contribution is -0.123. The number of methoxy groups -OCH3 is 1. The highest BCUT2D eigenvalue weighted by molar-refractivity contribution is 7.89. The zero-order chi connectivity index (χ0) is 75.6. The molecule has 2 unspecified atom stereocenters. The second-order valence-electron chi connectivity index (χ2n) is 24.1. The highest BCUT2D eigenvalue weighted by atomic mass is 35.5. The number of fused-ring (bicyclic) bond motifs is 2. The van der Waals surface area contributed by atoms with Gasteiger partial charge in [0.2, 0.25) is 31.9 Å². The molecular weight excluding hydrogens is 1490 g/mol. The fraction of sp³-hybridized carbons (Fsp3) is 0.639. The van der Waals surface area contributed by atoms with Crippen LogP contribution < -0.4 is 20.1 Å². The van der Waals surface area contributed by atoms with Gasteiger partial charge in [-0.05, 0) is 102 Å². The quantitative estimate of drug-likeness (QED) is 0.0323. The first-order chi connectivity index (χ1) is 50.9. The van der Waals surface area contributed by atoms with E-state index in [9.17, 15) is 26.4 Å². The molecule has 27 nitrogen and oxygen atoms in total. The summed E-state index contributed by atoms with van der Waals surface area (Å²) in [6, 6.07) is 21.2. The number of ether oxygens (including phenoxy) is 15. The van der Waals surface area contributed by atoms with Gasteiger partial charge in [0, 0.05) is 111 Å². The molecule has 2 heterocycles. The van der Waals surface area contributed by atoms with Crippen molar-refractivity contribution in [2.24, 2.45) is 0 Å². The van der Waals surface area contributed by atoms with E-state index in [1.807, 2.05) is 50.5 Å². The van der Waals surface area contributed by atoms with Crippen LogP contribution in [0.3, 0.4) is 0 Å². The topological polar surface area (TPSA) is 295 Å². The molecule has 2 aliphatic rings. The first-order valence-corrected chi connectivity index (χ1v) is 40.0. The van der Waals surface area contributed by atoms with Crippen LogP contribution >= 0.6 is 46.4 Å². The van der Waals surface area contributed by atoms with Crippen molar-refractivity contribution >= 4 is 78.3 Å². The Kier molecular flexibility index (Phi) is 48.5. The summed E-state index contributed by atoms with van der Waals surface area (Å²) in [4.78, 5) is 28.5. The maximum atomic E-state index is 12.9. The van der Waals surface area contributed by atoms with Gasteiger partial charge in [-0.25, -0.2) is 26.3 Å². The standard InChI is InChI=1S/C40H63Cl2N3O12S.C32H47Cl2N3O9S/c1-3-11-49-15-19-53-23-25-56-27-28-57-26-24-54-20-16-50-12-8-40(46)43-9-13-51-17-21-55-22-18-52-14-10-44-58(47,48)35-6-4-33(5-7-35)37-31-45(2)32-38-36(37)29-34(41)30-39(38)42;1-37-23-29(28-21-26(33)22-31(34)30(28)24-37)25-3-5-27(6-4-25)47(39,40)36-9-12-44-17-20-46-19-16-43-11-8-35-32(38)7-10-42-15-18-45-14-13-41-2/h4-7,29-30,37,44H,3,8-28,31-32H2,1-2H3,(H,43,46);3-6,21-22,29,36H,7-20,23-24H2,1-2H3,(H,35,38). The van der Waals surface area contributed by atoms with Gasteiger partial charge in [0.05, 0.1) is 195 Å². The minimum atomic E-state index is -3.71. The average Bonchev–Trinajstić information content (AvgIpc) is 0.782. The number of hydrogen-bond donors (Lipinski definition) is 4. The smallest absolute Gasteiger partial charge is 0.240 e. The van der Waals surface area contributed by atoms with Gasteiger partial charge in [0.25, 0.3) is 0 Å². The zero-order valence-electron chi connectivity index (χ0n) is 61.2. The van der Waals surface area contributed by atoms with Crippen molar-refractivity contribution in [2.75, 3.05) is 252 Å². The first-order valence-electron chi connectivity index (χ1n) is 35.5. The molecule has 594 valence electrons. The Hall–Kier alpha value is -3.88. The fourth-order valence-electron chi connectivity index (χ4n) is 10.6. The Bertz CT molecular complexity index is 3250. The van der Waals surface area contributed by atoms with Crippen LogP contribution in [0.1, 0.15) is 71.4 Å². The predicted octanol–water partition coefficient (Wildman–Crippen LogP) is 7.00. The third-order valence-electron chi connectivity index (χ3n) is 15.8. The van der Waals surface area contributed by atoms with E-state index in [0.29, 0.717) is 205 Å². The van der Waals surface area contributed by atoms with Gasteiger partial charge in [-0.15, -0.1) is 0 Å².